The molecule has 1 aromatic rings. The van der Waals surface area contributed by atoms with Gasteiger partial charge in [0.15, 0.2) is 0 Å². The molecule has 0 atom stereocenters. The third-order valence-electron chi connectivity index (χ3n) is 2.88. The van der Waals surface area contributed by atoms with Crippen molar-refractivity contribution in [1.29, 1.82) is 0 Å². The smallest absolute Gasteiger partial charge is 0.00431 e. The Balaban J connectivity index is 2.55. The Kier molecular flexibility index (Phi) is 5.36. The van der Waals surface area contributed by atoms with Crippen molar-refractivity contribution in [3.05, 3.63) is 35.4 Å². The van der Waals surface area contributed by atoms with Crippen LogP contribution >= 0.6 is 12.6 Å². The molecule has 0 fully saturated rings. The van der Waals surface area contributed by atoms with Crippen LogP contribution in [0.1, 0.15) is 31.4 Å². The van der Waals surface area contributed by atoms with Crippen molar-refractivity contribution in [2.24, 2.45) is 0 Å². The topological polar surface area (TPSA) is 12.0 Å². The van der Waals surface area contributed by atoms with Crippen LogP contribution in [0, 0.1) is 6.92 Å². The van der Waals surface area contributed by atoms with Gasteiger partial charge in [-0.2, -0.15) is 12.6 Å². The molecule has 0 saturated carbocycles. The zero-order chi connectivity index (χ0) is 12.0. The van der Waals surface area contributed by atoms with Gasteiger partial charge in [0.05, 0.1) is 0 Å². The molecule has 0 spiro atoms. The van der Waals surface area contributed by atoms with Crippen LogP contribution in [0.3, 0.4) is 0 Å². The Hall–Kier alpha value is -0.470. The molecule has 0 heterocycles. The second kappa shape index (κ2) is 6.31. The van der Waals surface area contributed by atoms with Crippen LogP contribution in [0.4, 0.5) is 0 Å². The number of benzene rings is 1. The molecule has 1 nitrogen and oxygen atoms in total. The van der Waals surface area contributed by atoms with E-state index in [0.717, 1.165) is 25.3 Å². The average molecular weight is 237 g/mol. The van der Waals surface area contributed by atoms with Gasteiger partial charge in [0, 0.05) is 12.0 Å². The van der Waals surface area contributed by atoms with E-state index in [4.69, 9.17) is 0 Å². The molecule has 0 amide bonds. The molecule has 0 unspecified atom stereocenters. The van der Waals surface area contributed by atoms with Gasteiger partial charge in [-0.05, 0) is 31.2 Å². The molecule has 90 valence electrons. The standard InChI is InChI=1S/C14H23NS/c1-12-6-4-7-13(10-12)14(2,3)11-15-8-5-9-16/h4,6-7,10,15-16H,5,8-9,11H2,1-3H3. The molecular weight excluding hydrogens is 214 g/mol. The lowest BCUT2D eigenvalue weighted by Crippen LogP contribution is -2.33. The Bertz CT molecular complexity index is 320. The van der Waals surface area contributed by atoms with E-state index < -0.39 is 0 Å². The predicted molar refractivity (Wildman–Crippen MR) is 75.5 cm³/mol. The molecule has 1 rings (SSSR count). The summed E-state index contributed by atoms with van der Waals surface area (Å²) >= 11 is 4.21. The van der Waals surface area contributed by atoms with Crippen LogP contribution in [-0.4, -0.2) is 18.8 Å². The minimum atomic E-state index is 0.197. The maximum atomic E-state index is 4.21. The van der Waals surface area contributed by atoms with E-state index >= 15 is 0 Å². The maximum Gasteiger partial charge on any atom is 0.00431 e. The predicted octanol–water partition coefficient (Wildman–Crippen LogP) is 3.18. The Morgan fingerprint density at radius 1 is 1.31 bits per heavy atom. The third-order valence-corrected chi connectivity index (χ3v) is 3.19. The van der Waals surface area contributed by atoms with E-state index in [-0.39, 0.29) is 5.41 Å². The fourth-order valence-corrected chi connectivity index (χ4v) is 1.93. The lowest BCUT2D eigenvalue weighted by atomic mass is 9.84. The van der Waals surface area contributed by atoms with Crippen molar-refractivity contribution in [2.45, 2.75) is 32.6 Å². The zero-order valence-electron chi connectivity index (χ0n) is 10.6. The summed E-state index contributed by atoms with van der Waals surface area (Å²) in [5.74, 6) is 0.956. The van der Waals surface area contributed by atoms with Crippen LogP contribution in [-0.2, 0) is 5.41 Å². The first-order valence-corrected chi connectivity index (χ1v) is 6.58. The summed E-state index contributed by atoms with van der Waals surface area (Å²) in [6.07, 6.45) is 1.13. The zero-order valence-corrected chi connectivity index (χ0v) is 11.5. The summed E-state index contributed by atoms with van der Waals surface area (Å²) in [5, 5.41) is 3.50. The van der Waals surface area contributed by atoms with E-state index in [1.165, 1.54) is 11.1 Å². The molecule has 0 aliphatic heterocycles. The highest BCUT2D eigenvalue weighted by atomic mass is 32.1. The molecule has 1 aromatic carbocycles. The second-order valence-electron chi connectivity index (χ2n) is 5.01. The lowest BCUT2D eigenvalue weighted by Gasteiger charge is -2.26. The van der Waals surface area contributed by atoms with Crippen molar-refractivity contribution in [3.63, 3.8) is 0 Å². The van der Waals surface area contributed by atoms with Crippen molar-refractivity contribution >= 4 is 12.6 Å². The number of rotatable bonds is 6. The van der Waals surface area contributed by atoms with Gasteiger partial charge in [0.1, 0.15) is 0 Å². The quantitative estimate of drug-likeness (QED) is 0.572. The molecule has 0 aromatic heterocycles. The van der Waals surface area contributed by atoms with Crippen LogP contribution in [0.15, 0.2) is 24.3 Å². The lowest BCUT2D eigenvalue weighted by molar-refractivity contribution is 0.470. The van der Waals surface area contributed by atoms with Gasteiger partial charge >= 0.3 is 0 Å². The molecule has 2 heteroatoms. The van der Waals surface area contributed by atoms with Gasteiger partial charge in [-0.15, -0.1) is 0 Å². The van der Waals surface area contributed by atoms with Gasteiger partial charge in [-0.1, -0.05) is 43.7 Å². The second-order valence-corrected chi connectivity index (χ2v) is 5.45. The number of hydrogen-bond donors (Lipinski definition) is 2. The van der Waals surface area contributed by atoms with Crippen molar-refractivity contribution < 1.29 is 0 Å². The largest absolute Gasteiger partial charge is 0.316 e. The number of nitrogens with one attached hydrogen (secondary N) is 1. The Labute approximate surface area is 105 Å². The SMILES string of the molecule is Cc1cccc(C(C)(C)CNCCCS)c1. The summed E-state index contributed by atoms with van der Waals surface area (Å²) < 4.78 is 0. The fraction of sp³-hybridized carbons (Fsp3) is 0.571. The molecule has 0 aliphatic carbocycles. The molecule has 0 radical (unpaired) electrons. The molecule has 0 aliphatic rings. The number of aryl methyl sites for hydroxylation is 1. The van der Waals surface area contributed by atoms with E-state index in [2.05, 4.69) is 63.0 Å². The summed E-state index contributed by atoms with van der Waals surface area (Å²) in [4.78, 5) is 0. The van der Waals surface area contributed by atoms with E-state index in [1.807, 2.05) is 0 Å². The van der Waals surface area contributed by atoms with Crippen LogP contribution in [0.25, 0.3) is 0 Å². The first-order chi connectivity index (χ1) is 7.56. The van der Waals surface area contributed by atoms with Gasteiger partial charge in [-0.3, -0.25) is 0 Å². The van der Waals surface area contributed by atoms with Gasteiger partial charge in [-0.25, -0.2) is 0 Å². The van der Waals surface area contributed by atoms with Crippen LogP contribution in [0.5, 0.6) is 0 Å². The number of thiol groups is 1. The van der Waals surface area contributed by atoms with Crippen LogP contribution in [0.2, 0.25) is 0 Å². The van der Waals surface area contributed by atoms with E-state index in [1.54, 1.807) is 0 Å². The van der Waals surface area contributed by atoms with Gasteiger partial charge < -0.3 is 5.32 Å². The monoisotopic (exact) mass is 237 g/mol. The fourth-order valence-electron chi connectivity index (χ4n) is 1.77. The van der Waals surface area contributed by atoms with Crippen molar-refractivity contribution in [1.82, 2.24) is 5.32 Å². The molecular formula is C14H23NS. The summed E-state index contributed by atoms with van der Waals surface area (Å²) in [5.41, 5.74) is 2.94. The normalized spacial score (nSPS) is 11.8. The number of hydrogen-bond acceptors (Lipinski definition) is 2. The van der Waals surface area contributed by atoms with E-state index in [9.17, 15) is 0 Å². The molecule has 0 bridgehead atoms. The minimum Gasteiger partial charge on any atom is -0.316 e. The highest BCUT2D eigenvalue weighted by Crippen LogP contribution is 2.22. The average Bonchev–Trinajstić information content (AvgIpc) is 2.24. The first-order valence-electron chi connectivity index (χ1n) is 5.95. The summed E-state index contributed by atoms with van der Waals surface area (Å²) in [6.45, 7) is 8.79. The molecule has 1 N–H and O–H groups in total. The van der Waals surface area contributed by atoms with Crippen molar-refractivity contribution in [2.75, 3.05) is 18.8 Å². The molecule has 0 saturated heterocycles. The minimum absolute atomic E-state index is 0.197. The highest BCUT2D eigenvalue weighted by molar-refractivity contribution is 7.80. The Morgan fingerprint density at radius 3 is 2.69 bits per heavy atom. The van der Waals surface area contributed by atoms with Gasteiger partial charge in [0.25, 0.3) is 0 Å². The van der Waals surface area contributed by atoms with Crippen LogP contribution < -0.4 is 5.32 Å². The maximum absolute atomic E-state index is 4.21. The van der Waals surface area contributed by atoms with E-state index in [0.29, 0.717) is 0 Å². The first kappa shape index (κ1) is 13.6. The van der Waals surface area contributed by atoms with Crippen molar-refractivity contribution in [3.8, 4) is 0 Å². The third kappa shape index (κ3) is 4.18. The molecule has 16 heavy (non-hydrogen) atoms. The summed E-state index contributed by atoms with van der Waals surface area (Å²) in [7, 11) is 0. The highest BCUT2D eigenvalue weighted by Gasteiger charge is 2.19. The Morgan fingerprint density at radius 2 is 2.06 bits per heavy atom. The van der Waals surface area contributed by atoms with Gasteiger partial charge in [0.2, 0.25) is 0 Å². The summed E-state index contributed by atoms with van der Waals surface area (Å²) in [6, 6.07) is 8.78.